The maximum absolute atomic E-state index is 11.7. The third kappa shape index (κ3) is 3.52. The summed E-state index contributed by atoms with van der Waals surface area (Å²) in [4.78, 5) is 12.0. The summed E-state index contributed by atoms with van der Waals surface area (Å²) in [5.41, 5.74) is 1.64. The molecule has 88 valence electrons. The lowest BCUT2D eigenvalue weighted by Gasteiger charge is -2.09. The van der Waals surface area contributed by atoms with Crippen molar-refractivity contribution in [2.24, 2.45) is 0 Å². The Labute approximate surface area is 104 Å². The van der Waals surface area contributed by atoms with Crippen LogP contribution in [-0.4, -0.2) is 24.4 Å². The van der Waals surface area contributed by atoms with E-state index in [9.17, 15) is 4.79 Å². The van der Waals surface area contributed by atoms with Gasteiger partial charge < -0.3 is 10.1 Å². The fourth-order valence-corrected chi connectivity index (χ4v) is 1.46. The van der Waals surface area contributed by atoms with Gasteiger partial charge in [0.15, 0.2) is 0 Å². The van der Waals surface area contributed by atoms with E-state index in [4.69, 9.17) is 4.74 Å². The van der Waals surface area contributed by atoms with Crippen LogP contribution in [0.3, 0.4) is 0 Å². The minimum Gasteiger partial charge on any atom is -0.496 e. The lowest BCUT2D eigenvalue weighted by atomic mass is 10.1. The monoisotopic (exact) mass is 285 g/mol. The number of nitrogens with one attached hydrogen (secondary N) is 1. The van der Waals surface area contributed by atoms with Crippen LogP contribution in [0.15, 0.2) is 18.2 Å². The molecule has 4 heteroatoms. The molecule has 0 aliphatic carbocycles. The molecule has 0 aromatic heterocycles. The number of hydrogen-bond acceptors (Lipinski definition) is 2. The minimum atomic E-state index is -0.0791. The van der Waals surface area contributed by atoms with Crippen molar-refractivity contribution in [2.45, 2.75) is 18.7 Å². The van der Waals surface area contributed by atoms with Crippen molar-refractivity contribution in [3.05, 3.63) is 29.3 Å². The normalized spacial score (nSPS) is 12.0. The summed E-state index contributed by atoms with van der Waals surface area (Å²) in [6.07, 6.45) is 0. The summed E-state index contributed by atoms with van der Waals surface area (Å²) < 4.78 is 5.17. The van der Waals surface area contributed by atoms with Crippen LogP contribution in [0.4, 0.5) is 0 Å². The van der Waals surface area contributed by atoms with Crippen LogP contribution < -0.4 is 10.1 Å². The highest BCUT2D eigenvalue weighted by Crippen LogP contribution is 2.18. The Kier molecular flexibility index (Phi) is 4.80. The Bertz CT molecular complexity index is 377. The molecule has 0 spiro atoms. The van der Waals surface area contributed by atoms with Crippen LogP contribution in [0.5, 0.6) is 5.75 Å². The number of halogens is 1. The molecule has 0 aliphatic rings. The van der Waals surface area contributed by atoms with Crippen LogP contribution in [-0.2, 0) is 0 Å². The fraction of sp³-hybridized carbons (Fsp3) is 0.417. The second-order valence-electron chi connectivity index (χ2n) is 3.68. The first-order valence-electron chi connectivity index (χ1n) is 5.11. The molecule has 1 rings (SSSR count). The summed E-state index contributed by atoms with van der Waals surface area (Å²) in [5.74, 6) is 0.657. The number of ether oxygens (including phenoxy) is 1. The topological polar surface area (TPSA) is 38.3 Å². The van der Waals surface area contributed by atoms with E-state index in [1.165, 1.54) is 0 Å². The van der Waals surface area contributed by atoms with Crippen LogP contribution in [0.1, 0.15) is 22.8 Å². The van der Waals surface area contributed by atoms with E-state index in [1.54, 1.807) is 19.2 Å². The Hall–Kier alpha value is -1.03. The van der Waals surface area contributed by atoms with Crippen molar-refractivity contribution >= 4 is 21.8 Å². The number of alkyl halides is 1. The summed E-state index contributed by atoms with van der Waals surface area (Å²) >= 11 is 3.38. The summed E-state index contributed by atoms with van der Waals surface area (Å²) in [5, 5.41) is 2.83. The lowest BCUT2D eigenvalue weighted by Crippen LogP contribution is -2.28. The van der Waals surface area contributed by atoms with E-state index in [0.29, 0.717) is 12.1 Å². The van der Waals surface area contributed by atoms with E-state index in [0.717, 1.165) is 11.3 Å². The summed E-state index contributed by atoms with van der Waals surface area (Å²) in [7, 11) is 1.60. The molecule has 16 heavy (non-hydrogen) atoms. The van der Waals surface area contributed by atoms with Crippen molar-refractivity contribution in [2.75, 3.05) is 13.7 Å². The number of rotatable bonds is 4. The molecule has 1 amide bonds. The molecule has 1 aromatic carbocycles. The zero-order chi connectivity index (χ0) is 12.1. The molecule has 0 saturated heterocycles. The number of carbonyl (C=O) groups excluding carboxylic acids is 1. The van der Waals surface area contributed by atoms with Gasteiger partial charge in [0.25, 0.3) is 5.91 Å². The van der Waals surface area contributed by atoms with E-state index in [-0.39, 0.29) is 10.7 Å². The molecule has 1 atom stereocenters. The highest BCUT2D eigenvalue weighted by Gasteiger charge is 2.08. The number of carbonyl (C=O) groups is 1. The molecule has 0 saturated carbocycles. The van der Waals surface area contributed by atoms with Gasteiger partial charge in [0.05, 0.1) is 7.11 Å². The van der Waals surface area contributed by atoms with Crippen LogP contribution in [0, 0.1) is 6.92 Å². The van der Waals surface area contributed by atoms with Gasteiger partial charge in [-0.2, -0.15) is 0 Å². The number of benzene rings is 1. The minimum absolute atomic E-state index is 0.0791. The van der Waals surface area contributed by atoms with E-state index in [2.05, 4.69) is 21.2 Å². The van der Waals surface area contributed by atoms with Gasteiger partial charge in [-0.3, -0.25) is 4.79 Å². The number of amides is 1. The van der Waals surface area contributed by atoms with Gasteiger partial charge in [0, 0.05) is 16.9 Å². The number of methoxy groups -OCH3 is 1. The predicted molar refractivity (Wildman–Crippen MR) is 68.5 cm³/mol. The number of aryl methyl sites for hydroxylation is 1. The standard InChI is InChI=1S/C12H16BrNO2/c1-8-4-5-10(6-11(8)16-3)12(15)14-7-9(2)13/h4-6,9H,7H2,1-3H3,(H,14,15). The van der Waals surface area contributed by atoms with Gasteiger partial charge in [0.2, 0.25) is 0 Å². The van der Waals surface area contributed by atoms with E-state index in [1.807, 2.05) is 19.9 Å². The molecule has 0 heterocycles. The first kappa shape index (κ1) is 13.0. The molecule has 0 aliphatic heterocycles. The number of hydrogen-bond donors (Lipinski definition) is 1. The zero-order valence-corrected chi connectivity index (χ0v) is 11.3. The van der Waals surface area contributed by atoms with Crippen molar-refractivity contribution in [1.82, 2.24) is 5.32 Å². The quantitative estimate of drug-likeness (QED) is 0.864. The molecule has 3 nitrogen and oxygen atoms in total. The molecule has 0 bridgehead atoms. The molecule has 1 unspecified atom stereocenters. The van der Waals surface area contributed by atoms with Gasteiger partial charge in [-0.05, 0) is 24.6 Å². The van der Waals surface area contributed by atoms with Crippen molar-refractivity contribution < 1.29 is 9.53 Å². The van der Waals surface area contributed by atoms with E-state index >= 15 is 0 Å². The molecular weight excluding hydrogens is 270 g/mol. The molecule has 0 radical (unpaired) electrons. The lowest BCUT2D eigenvalue weighted by molar-refractivity contribution is 0.0954. The molecule has 0 fully saturated rings. The third-order valence-corrected chi connectivity index (χ3v) is 2.54. The summed E-state index contributed by atoms with van der Waals surface area (Å²) in [6.45, 7) is 4.53. The van der Waals surface area contributed by atoms with Crippen LogP contribution in [0.25, 0.3) is 0 Å². The Morgan fingerprint density at radius 2 is 2.25 bits per heavy atom. The molecule has 1 aromatic rings. The van der Waals surface area contributed by atoms with Gasteiger partial charge in [-0.1, -0.05) is 28.9 Å². The van der Waals surface area contributed by atoms with Crippen molar-refractivity contribution in [3.63, 3.8) is 0 Å². The second kappa shape index (κ2) is 5.89. The zero-order valence-electron chi connectivity index (χ0n) is 9.71. The predicted octanol–water partition coefficient (Wildman–Crippen LogP) is 2.52. The highest BCUT2D eigenvalue weighted by molar-refractivity contribution is 9.09. The molecular formula is C12H16BrNO2. The van der Waals surface area contributed by atoms with E-state index < -0.39 is 0 Å². The van der Waals surface area contributed by atoms with Crippen molar-refractivity contribution in [1.29, 1.82) is 0 Å². The van der Waals surface area contributed by atoms with Crippen LogP contribution >= 0.6 is 15.9 Å². The average Bonchev–Trinajstić information content (AvgIpc) is 2.26. The van der Waals surface area contributed by atoms with Crippen LogP contribution in [0.2, 0.25) is 0 Å². The summed E-state index contributed by atoms with van der Waals surface area (Å²) in [6, 6.07) is 5.43. The SMILES string of the molecule is COc1cc(C(=O)NCC(C)Br)ccc1C. The van der Waals surface area contributed by atoms with Gasteiger partial charge in [-0.25, -0.2) is 0 Å². The third-order valence-electron chi connectivity index (χ3n) is 2.21. The first-order valence-corrected chi connectivity index (χ1v) is 6.03. The highest BCUT2D eigenvalue weighted by atomic mass is 79.9. The smallest absolute Gasteiger partial charge is 0.251 e. The largest absolute Gasteiger partial charge is 0.496 e. The Morgan fingerprint density at radius 3 is 2.81 bits per heavy atom. The first-order chi connectivity index (χ1) is 7.54. The Morgan fingerprint density at radius 1 is 1.56 bits per heavy atom. The fourth-order valence-electron chi connectivity index (χ4n) is 1.30. The van der Waals surface area contributed by atoms with Gasteiger partial charge in [0.1, 0.15) is 5.75 Å². The van der Waals surface area contributed by atoms with Crippen molar-refractivity contribution in [3.8, 4) is 5.75 Å². The van der Waals surface area contributed by atoms with Gasteiger partial charge >= 0.3 is 0 Å². The van der Waals surface area contributed by atoms with Gasteiger partial charge in [-0.15, -0.1) is 0 Å². The Balaban J connectivity index is 2.76. The average molecular weight is 286 g/mol. The maximum Gasteiger partial charge on any atom is 0.251 e. The second-order valence-corrected chi connectivity index (χ2v) is 5.24. The molecule has 1 N–H and O–H groups in total. The maximum atomic E-state index is 11.7.